The molecule has 8 rings (SSSR count). The SMILES string of the molecule is FC(F)(F)c1cc([B-](c2cc(C(F)(F)F)cc(C(F)(F)F)c2)(c2cc(C(F)(F)F)cc(C(F)(F)F)c2)c2cc(C(F)(F)F)cc(C(F)(F)F)c2)cc(C(F)(F)F)c1.c1ccc2c[n+](Oc3cccc4ccccc34)ccc2c1. The van der Waals surface area contributed by atoms with Crippen LogP contribution in [-0.4, -0.2) is 6.15 Å². The van der Waals surface area contributed by atoms with E-state index in [4.69, 9.17) is 4.84 Å². The summed E-state index contributed by atoms with van der Waals surface area (Å²) >= 11 is 0. The van der Waals surface area contributed by atoms with Crippen LogP contribution in [0.5, 0.6) is 5.75 Å². The van der Waals surface area contributed by atoms with Crippen molar-refractivity contribution in [3.05, 3.63) is 202 Å². The Labute approximate surface area is 421 Å². The number of aromatic nitrogens is 1. The van der Waals surface area contributed by atoms with Crippen molar-refractivity contribution in [1.29, 1.82) is 0 Å². The van der Waals surface area contributed by atoms with Gasteiger partial charge in [0.15, 0.2) is 0 Å². The highest BCUT2D eigenvalue weighted by atomic mass is 19.4. The molecular weight excluding hydrogens is 1110 g/mol. The molecule has 0 N–H and O–H groups in total. The van der Waals surface area contributed by atoms with Gasteiger partial charge < -0.3 is 0 Å². The lowest BCUT2D eigenvalue weighted by Crippen LogP contribution is -2.75. The van der Waals surface area contributed by atoms with Gasteiger partial charge >= 0.3 is 49.4 Å². The third-order valence-electron chi connectivity index (χ3n) is 12.1. The molecule has 7 aromatic carbocycles. The molecule has 0 fully saturated rings. The molecule has 0 aliphatic rings. The number of pyridine rings is 1. The molecule has 0 amide bonds. The average molecular weight is 1140 g/mol. The molecular formula is C51H26BF24NO. The lowest BCUT2D eigenvalue weighted by Gasteiger charge is -2.46. The number of benzene rings is 7. The molecule has 78 heavy (non-hydrogen) atoms. The van der Waals surface area contributed by atoms with E-state index < -0.39 is 195 Å². The Hall–Kier alpha value is -7.61. The number of hydrogen-bond acceptors (Lipinski definition) is 1. The van der Waals surface area contributed by atoms with Crippen molar-refractivity contribution >= 4 is 49.5 Å². The summed E-state index contributed by atoms with van der Waals surface area (Å²) in [4.78, 5) is 6.02. The van der Waals surface area contributed by atoms with E-state index in [2.05, 4.69) is 36.4 Å². The van der Waals surface area contributed by atoms with Crippen molar-refractivity contribution in [2.24, 2.45) is 0 Å². The summed E-state index contributed by atoms with van der Waals surface area (Å²) in [5, 5.41) is 4.65. The molecule has 0 unspecified atom stereocenters. The molecule has 0 aliphatic heterocycles. The van der Waals surface area contributed by atoms with Gasteiger partial charge in [-0.15, -0.1) is 0 Å². The largest absolute Gasteiger partial charge is 0.416 e. The van der Waals surface area contributed by atoms with Gasteiger partial charge in [0.2, 0.25) is 18.1 Å². The smallest absolute Gasteiger partial charge is 0.231 e. The number of halogens is 24. The van der Waals surface area contributed by atoms with Gasteiger partial charge in [-0.25, -0.2) is 4.84 Å². The molecule has 412 valence electrons. The highest BCUT2D eigenvalue weighted by Gasteiger charge is 2.47. The van der Waals surface area contributed by atoms with Gasteiger partial charge in [0.1, 0.15) is 6.15 Å². The Bertz CT molecular complexity index is 3070. The van der Waals surface area contributed by atoms with Crippen LogP contribution in [0.1, 0.15) is 44.5 Å². The van der Waals surface area contributed by atoms with Crippen LogP contribution < -0.4 is 31.4 Å². The van der Waals surface area contributed by atoms with Crippen molar-refractivity contribution in [2.75, 3.05) is 0 Å². The number of nitrogens with zero attached hydrogens (tertiary/aromatic N) is 1. The van der Waals surface area contributed by atoms with E-state index in [1.807, 2.05) is 48.8 Å². The number of hydrogen-bond donors (Lipinski definition) is 0. The zero-order chi connectivity index (χ0) is 58.0. The number of rotatable bonds is 6. The molecule has 0 bridgehead atoms. The standard InChI is InChI=1S/C32H12BF24.C19H14NO/c34-25(35,36)13-1-14(26(37,38)39)6-21(5-13)33(22-7-15(27(40,41)42)2-16(8-22)28(43,44)45,23-9-17(29(46,47)48)3-18(10-23)30(49,50)51)24-11-19(31(52,53)54)4-20(12-24)32(55,56)57;1-2-8-17-14-20(13-12-15(17)6-1)21-19-11-5-9-16-7-3-4-10-18(16)19/h1-12H;1-14H/q-1;+1. The van der Waals surface area contributed by atoms with E-state index in [0.29, 0.717) is 0 Å². The summed E-state index contributed by atoms with van der Waals surface area (Å²) in [5.41, 5.74) is -30.2. The molecule has 0 saturated carbocycles. The fourth-order valence-corrected chi connectivity index (χ4v) is 8.63. The first-order chi connectivity index (χ1) is 35.7. The maximum absolute atomic E-state index is 14.2. The summed E-state index contributed by atoms with van der Waals surface area (Å²) in [5.74, 6) is 0.855. The molecule has 0 aliphatic carbocycles. The second kappa shape index (κ2) is 20.0. The predicted octanol–water partition coefficient (Wildman–Crippen LogP) is 15.3. The minimum atomic E-state index is -6.13. The third-order valence-corrected chi connectivity index (χ3v) is 12.1. The Morgan fingerprint density at radius 1 is 0.282 bits per heavy atom. The van der Waals surface area contributed by atoms with Gasteiger partial charge in [-0.1, -0.05) is 103 Å². The average Bonchev–Trinajstić information content (AvgIpc) is 3.54. The quantitative estimate of drug-likeness (QED) is 0.0919. The monoisotopic (exact) mass is 1140 g/mol. The maximum atomic E-state index is 14.2. The molecule has 0 radical (unpaired) electrons. The van der Waals surface area contributed by atoms with E-state index >= 15 is 0 Å². The van der Waals surface area contributed by atoms with Crippen molar-refractivity contribution in [3.8, 4) is 5.75 Å². The van der Waals surface area contributed by atoms with E-state index in [1.54, 1.807) is 4.73 Å². The van der Waals surface area contributed by atoms with Crippen molar-refractivity contribution < 1.29 is 115 Å². The molecule has 1 heterocycles. The Morgan fingerprint density at radius 3 is 0.859 bits per heavy atom. The first kappa shape index (κ1) is 58.1. The molecule has 8 aromatic rings. The molecule has 27 heteroatoms. The highest BCUT2D eigenvalue weighted by molar-refractivity contribution is 7.20. The maximum Gasteiger partial charge on any atom is 0.416 e. The van der Waals surface area contributed by atoms with E-state index in [1.165, 1.54) is 10.8 Å². The van der Waals surface area contributed by atoms with Crippen LogP contribution in [0.4, 0.5) is 105 Å². The fraction of sp³-hybridized carbons (Fsp3) is 0.157. The Morgan fingerprint density at radius 2 is 0.551 bits per heavy atom. The van der Waals surface area contributed by atoms with Crippen molar-refractivity contribution in [1.82, 2.24) is 0 Å². The second-order valence-corrected chi connectivity index (χ2v) is 17.2. The van der Waals surface area contributed by atoms with Crippen molar-refractivity contribution in [3.63, 3.8) is 0 Å². The Balaban J connectivity index is 0.000000344. The lowest BCUT2D eigenvalue weighted by atomic mass is 9.12. The van der Waals surface area contributed by atoms with Gasteiger partial charge in [-0.05, 0) is 47.2 Å². The van der Waals surface area contributed by atoms with Crippen LogP contribution in [0, 0.1) is 0 Å². The minimum Gasteiger partial charge on any atom is -0.231 e. The summed E-state index contributed by atoms with van der Waals surface area (Å²) < 4.78 is 343. The van der Waals surface area contributed by atoms with E-state index in [-0.39, 0.29) is 0 Å². The van der Waals surface area contributed by atoms with Gasteiger partial charge in [0, 0.05) is 16.2 Å². The van der Waals surface area contributed by atoms with Gasteiger partial charge in [-0.3, -0.25) is 0 Å². The summed E-state index contributed by atoms with van der Waals surface area (Å²) in [6.07, 6.45) is -50.9. The Kier molecular flexibility index (Phi) is 14.9. The zero-order valence-electron chi connectivity index (χ0n) is 38.0. The van der Waals surface area contributed by atoms with Gasteiger partial charge in [0.25, 0.3) is 0 Å². The van der Waals surface area contributed by atoms with Crippen LogP contribution in [0.3, 0.4) is 0 Å². The summed E-state index contributed by atoms with van der Waals surface area (Å²) in [6.45, 7) is 0. The normalized spacial score (nSPS) is 13.4. The molecule has 2 nitrogen and oxygen atoms in total. The van der Waals surface area contributed by atoms with E-state index in [9.17, 15) is 105 Å². The minimum absolute atomic E-state index is 0.691. The fourth-order valence-electron chi connectivity index (χ4n) is 8.63. The van der Waals surface area contributed by atoms with Crippen LogP contribution in [-0.2, 0) is 49.4 Å². The third kappa shape index (κ3) is 12.5. The molecule has 0 saturated heterocycles. The number of alkyl halides is 24. The first-order valence-corrected chi connectivity index (χ1v) is 21.6. The molecule has 0 atom stereocenters. The van der Waals surface area contributed by atoms with Crippen LogP contribution in [0.15, 0.2) is 158 Å². The van der Waals surface area contributed by atoms with Crippen LogP contribution in [0.2, 0.25) is 0 Å². The van der Waals surface area contributed by atoms with Crippen LogP contribution >= 0.6 is 0 Å². The summed E-state index contributed by atoms with van der Waals surface area (Å²) in [6, 6.07) is 15.8. The van der Waals surface area contributed by atoms with Crippen molar-refractivity contribution in [2.45, 2.75) is 49.4 Å². The second-order valence-electron chi connectivity index (χ2n) is 17.2. The number of fused-ring (bicyclic) bond motifs is 2. The van der Waals surface area contributed by atoms with Gasteiger partial charge in [-0.2, -0.15) is 127 Å². The molecule has 0 spiro atoms. The van der Waals surface area contributed by atoms with Crippen LogP contribution in [0.25, 0.3) is 21.5 Å². The lowest BCUT2D eigenvalue weighted by molar-refractivity contribution is -0.873. The zero-order valence-corrected chi connectivity index (χ0v) is 38.0. The topological polar surface area (TPSA) is 13.1 Å². The first-order valence-electron chi connectivity index (χ1n) is 21.6. The summed E-state index contributed by atoms with van der Waals surface area (Å²) in [7, 11) is 0. The van der Waals surface area contributed by atoms with E-state index in [0.717, 1.165) is 16.5 Å². The van der Waals surface area contributed by atoms with Gasteiger partial charge in [0.05, 0.1) is 49.9 Å². The predicted molar refractivity (Wildman–Crippen MR) is 234 cm³/mol. The molecule has 1 aromatic heterocycles. The highest BCUT2D eigenvalue weighted by Crippen LogP contribution is 2.41.